The van der Waals surface area contributed by atoms with Crippen LogP contribution in [0.5, 0.6) is 0 Å². The van der Waals surface area contributed by atoms with E-state index in [2.05, 4.69) is 29.4 Å². The molecule has 0 radical (unpaired) electrons. The lowest BCUT2D eigenvalue weighted by Crippen LogP contribution is -2.48. The number of fused-ring (bicyclic) bond motifs is 1. The number of thioether (sulfide) groups is 1. The molecule has 2 aromatic carbocycles. The largest absolute Gasteiger partial charge is 0.345 e. The second kappa shape index (κ2) is 10.6. The number of amides is 1. The number of hydrogen-bond donors (Lipinski definition) is 0. The van der Waals surface area contributed by atoms with Gasteiger partial charge in [-0.1, -0.05) is 24.7 Å². The highest BCUT2D eigenvalue weighted by atomic mass is 32.2. The summed E-state index contributed by atoms with van der Waals surface area (Å²) in [5.41, 5.74) is 1.51. The van der Waals surface area contributed by atoms with Crippen molar-refractivity contribution in [2.45, 2.75) is 29.6 Å². The predicted molar refractivity (Wildman–Crippen MR) is 141 cm³/mol. The number of thiazole rings is 1. The van der Waals surface area contributed by atoms with E-state index in [1.807, 2.05) is 11.8 Å². The Hall–Kier alpha value is -2.14. The fourth-order valence-electron chi connectivity index (χ4n) is 3.89. The third-order valence-electron chi connectivity index (χ3n) is 6.06. The molecular formula is C24H30N4O3S3. The molecule has 34 heavy (non-hydrogen) atoms. The molecule has 0 spiro atoms. The van der Waals surface area contributed by atoms with E-state index in [1.54, 1.807) is 42.3 Å². The number of carbonyl (C=O) groups excluding carboxylic acids is 1. The van der Waals surface area contributed by atoms with Crippen LogP contribution in [0.3, 0.4) is 0 Å². The summed E-state index contributed by atoms with van der Waals surface area (Å²) < 4.78 is 28.0. The van der Waals surface area contributed by atoms with Crippen LogP contribution in [0.1, 0.15) is 30.1 Å². The van der Waals surface area contributed by atoms with Gasteiger partial charge in [-0.15, -0.1) is 11.8 Å². The summed E-state index contributed by atoms with van der Waals surface area (Å²) in [5, 5.41) is 0.988. The Balaban J connectivity index is 1.39. The first-order valence-electron chi connectivity index (χ1n) is 11.4. The summed E-state index contributed by atoms with van der Waals surface area (Å²) in [7, 11) is -1.94. The number of unbranched alkanes of at least 4 members (excludes halogenated alkanes) is 1. The number of piperazine rings is 1. The quantitative estimate of drug-likeness (QED) is 0.412. The third-order valence-corrected chi connectivity index (χ3v) is 9.73. The zero-order chi connectivity index (χ0) is 24.3. The molecule has 1 saturated heterocycles. The molecule has 1 aliphatic heterocycles. The van der Waals surface area contributed by atoms with Crippen LogP contribution in [0.25, 0.3) is 10.2 Å². The average molecular weight is 519 g/mol. The van der Waals surface area contributed by atoms with E-state index in [9.17, 15) is 13.2 Å². The van der Waals surface area contributed by atoms with Gasteiger partial charge in [0.2, 0.25) is 10.0 Å². The molecule has 2 heterocycles. The van der Waals surface area contributed by atoms with Crippen molar-refractivity contribution in [1.82, 2.24) is 14.2 Å². The second-order valence-corrected chi connectivity index (χ2v) is 12.2. The number of aromatic nitrogens is 1. The zero-order valence-corrected chi connectivity index (χ0v) is 22.2. The van der Waals surface area contributed by atoms with Crippen molar-refractivity contribution >= 4 is 54.4 Å². The van der Waals surface area contributed by atoms with Gasteiger partial charge in [0.15, 0.2) is 5.13 Å². The maximum atomic E-state index is 13.0. The molecule has 0 N–H and O–H groups in total. The lowest BCUT2D eigenvalue weighted by atomic mass is 10.2. The summed E-state index contributed by atoms with van der Waals surface area (Å²) in [5.74, 6) is -0.0724. The van der Waals surface area contributed by atoms with Gasteiger partial charge in [0, 0.05) is 50.2 Å². The first-order valence-corrected chi connectivity index (χ1v) is 14.9. The summed E-state index contributed by atoms with van der Waals surface area (Å²) in [6, 6.07) is 12.6. The van der Waals surface area contributed by atoms with Gasteiger partial charge in [-0.2, -0.15) is 0 Å². The highest BCUT2D eigenvalue weighted by Crippen LogP contribution is 2.32. The minimum absolute atomic E-state index is 0.0724. The Morgan fingerprint density at radius 1 is 1.12 bits per heavy atom. The highest BCUT2D eigenvalue weighted by molar-refractivity contribution is 7.98. The molecule has 0 unspecified atom stereocenters. The van der Waals surface area contributed by atoms with Crippen LogP contribution in [0.4, 0.5) is 5.13 Å². The minimum Gasteiger partial charge on any atom is -0.345 e. The van der Waals surface area contributed by atoms with Crippen molar-refractivity contribution in [2.24, 2.45) is 0 Å². The summed E-state index contributed by atoms with van der Waals surface area (Å²) in [6.45, 7) is 5.15. The minimum atomic E-state index is -3.54. The van der Waals surface area contributed by atoms with Crippen molar-refractivity contribution in [3.05, 3.63) is 48.0 Å². The molecule has 0 atom stereocenters. The Bertz CT molecular complexity index is 1250. The normalized spacial score (nSPS) is 14.8. The number of benzene rings is 2. The van der Waals surface area contributed by atoms with Crippen LogP contribution in [-0.2, 0) is 10.0 Å². The van der Waals surface area contributed by atoms with Gasteiger partial charge >= 0.3 is 0 Å². The standard InChI is InChI=1S/C24H30N4O3S3/c1-4-5-12-26(2)34(30,31)20-9-6-18(7-10-20)23(29)27-13-15-28(16-14-27)24-25-21-11-8-19(32-3)17-22(21)33-24/h6-11,17H,4-5,12-16H2,1-3H3. The maximum absolute atomic E-state index is 13.0. The van der Waals surface area contributed by atoms with Crippen LogP contribution >= 0.6 is 23.1 Å². The monoisotopic (exact) mass is 518 g/mol. The van der Waals surface area contributed by atoms with Gasteiger partial charge in [0.05, 0.1) is 15.1 Å². The SMILES string of the molecule is CCCCN(C)S(=O)(=O)c1ccc(C(=O)N2CCN(c3nc4ccc(SC)cc4s3)CC2)cc1. The molecule has 1 aliphatic rings. The molecular weight excluding hydrogens is 488 g/mol. The Labute approximate surface area is 209 Å². The van der Waals surface area contributed by atoms with Crippen molar-refractivity contribution in [3.63, 3.8) is 0 Å². The maximum Gasteiger partial charge on any atom is 0.253 e. The first-order chi connectivity index (χ1) is 16.3. The van der Waals surface area contributed by atoms with Gasteiger partial charge in [-0.3, -0.25) is 4.79 Å². The summed E-state index contributed by atoms with van der Waals surface area (Å²) in [6.07, 6.45) is 3.81. The van der Waals surface area contributed by atoms with Gasteiger partial charge in [-0.25, -0.2) is 17.7 Å². The van der Waals surface area contributed by atoms with Crippen molar-refractivity contribution in [1.29, 1.82) is 0 Å². The van der Waals surface area contributed by atoms with Crippen LogP contribution in [-0.4, -0.2) is 74.5 Å². The Morgan fingerprint density at radius 2 is 1.82 bits per heavy atom. The summed E-state index contributed by atoms with van der Waals surface area (Å²) >= 11 is 3.41. The molecule has 10 heteroatoms. The Morgan fingerprint density at radius 3 is 2.47 bits per heavy atom. The van der Waals surface area contributed by atoms with Gasteiger partial charge in [0.1, 0.15) is 0 Å². The van der Waals surface area contributed by atoms with Crippen molar-refractivity contribution < 1.29 is 13.2 Å². The zero-order valence-electron chi connectivity index (χ0n) is 19.7. The highest BCUT2D eigenvalue weighted by Gasteiger charge is 2.25. The molecule has 1 aromatic heterocycles. The topological polar surface area (TPSA) is 73.8 Å². The van der Waals surface area contributed by atoms with E-state index in [1.165, 1.54) is 26.0 Å². The molecule has 1 amide bonds. The number of nitrogens with zero attached hydrogens (tertiary/aromatic N) is 4. The van der Waals surface area contributed by atoms with Crippen LogP contribution in [0.2, 0.25) is 0 Å². The van der Waals surface area contributed by atoms with Crippen LogP contribution in [0, 0.1) is 0 Å². The van der Waals surface area contributed by atoms with Crippen LogP contribution in [0.15, 0.2) is 52.3 Å². The second-order valence-electron chi connectivity index (χ2n) is 8.31. The predicted octanol–water partition coefficient (Wildman–Crippen LogP) is 4.40. The molecule has 4 rings (SSSR count). The van der Waals surface area contributed by atoms with Gasteiger partial charge in [-0.05, 0) is 55.1 Å². The molecule has 0 aliphatic carbocycles. The van der Waals surface area contributed by atoms with E-state index in [0.29, 0.717) is 25.2 Å². The van der Waals surface area contributed by atoms with Gasteiger partial charge in [0.25, 0.3) is 5.91 Å². The van der Waals surface area contributed by atoms with Crippen molar-refractivity contribution in [3.8, 4) is 0 Å². The number of anilines is 1. The fraction of sp³-hybridized carbons (Fsp3) is 0.417. The first kappa shape index (κ1) is 25.0. The smallest absolute Gasteiger partial charge is 0.253 e. The molecule has 182 valence electrons. The van der Waals surface area contributed by atoms with Crippen LogP contribution < -0.4 is 4.90 Å². The van der Waals surface area contributed by atoms with E-state index in [0.717, 1.165) is 36.6 Å². The third kappa shape index (κ3) is 5.25. The lowest BCUT2D eigenvalue weighted by Gasteiger charge is -2.34. The van der Waals surface area contributed by atoms with E-state index < -0.39 is 10.0 Å². The van der Waals surface area contributed by atoms with E-state index in [4.69, 9.17) is 4.98 Å². The molecule has 0 bridgehead atoms. The molecule has 1 fully saturated rings. The fourth-order valence-corrected chi connectivity index (χ4v) is 6.67. The van der Waals surface area contributed by atoms with Gasteiger partial charge < -0.3 is 9.80 Å². The van der Waals surface area contributed by atoms with E-state index >= 15 is 0 Å². The lowest BCUT2D eigenvalue weighted by molar-refractivity contribution is 0.0746. The number of carbonyl (C=O) groups is 1. The number of hydrogen-bond acceptors (Lipinski definition) is 7. The molecule has 7 nitrogen and oxygen atoms in total. The Kier molecular flexibility index (Phi) is 7.81. The number of sulfonamides is 1. The summed E-state index contributed by atoms with van der Waals surface area (Å²) in [4.78, 5) is 23.3. The molecule has 3 aromatic rings. The number of rotatable bonds is 8. The van der Waals surface area contributed by atoms with Crippen molar-refractivity contribution in [2.75, 3.05) is 50.9 Å². The van der Waals surface area contributed by atoms with E-state index in [-0.39, 0.29) is 10.8 Å². The molecule has 0 saturated carbocycles. The average Bonchev–Trinajstić information content (AvgIpc) is 3.30.